The Morgan fingerprint density at radius 3 is 2.53 bits per heavy atom. The number of hydrogen-bond donors (Lipinski definition) is 8. The summed E-state index contributed by atoms with van der Waals surface area (Å²) < 4.78 is 24.0. The highest BCUT2D eigenvalue weighted by Crippen LogP contribution is 2.53. The fourth-order valence-electron chi connectivity index (χ4n) is 11.7. The second-order valence-corrected chi connectivity index (χ2v) is 20.9. The van der Waals surface area contributed by atoms with Gasteiger partial charge in [-0.2, -0.15) is 0 Å². The number of aryl methyl sites for hydroxylation is 1. The van der Waals surface area contributed by atoms with E-state index in [2.05, 4.69) is 38.2 Å². The molecule has 14 atom stereocenters. The molecule has 8 N–H and O–H groups in total. The van der Waals surface area contributed by atoms with Crippen molar-refractivity contribution in [3.8, 4) is 11.5 Å². The van der Waals surface area contributed by atoms with Crippen LogP contribution < -0.4 is 10.1 Å². The van der Waals surface area contributed by atoms with Crippen molar-refractivity contribution in [1.82, 2.24) is 5.32 Å². The quantitative estimate of drug-likeness (QED) is 0.0532. The Balaban J connectivity index is 1.20. The van der Waals surface area contributed by atoms with Crippen molar-refractivity contribution in [3.05, 3.63) is 88.5 Å². The van der Waals surface area contributed by atoms with Crippen LogP contribution >= 0.6 is 0 Å². The average molecular weight is 946 g/mol. The Morgan fingerprint density at radius 2 is 1.82 bits per heavy atom. The first-order chi connectivity index (χ1) is 32.5. The minimum atomic E-state index is -2.36. The smallest absolute Gasteiger partial charge is 0.334 e. The third-order valence-electron chi connectivity index (χ3n) is 15.4. The molecule has 1 spiro atoms. The summed E-state index contributed by atoms with van der Waals surface area (Å²) in [6, 6.07) is 9.88. The molecule has 374 valence electrons. The van der Waals surface area contributed by atoms with Crippen LogP contribution in [0.25, 0.3) is 6.08 Å². The Bertz CT molecular complexity index is 2150. The number of ether oxygens (including phenoxy) is 4. The van der Waals surface area contributed by atoms with Crippen molar-refractivity contribution in [2.45, 2.75) is 153 Å². The Hall–Kier alpha value is -4.12. The number of phenols is 1. The van der Waals surface area contributed by atoms with Crippen LogP contribution in [0.5, 0.6) is 11.5 Å². The standard InChI is InChI=1S/C54H75NO13/c1-31(2)22-37-15-19-53(28-45(37)60)18-14-32(3)23-40(53)11-13-47(61)66-50-48(62)49-43(55-29-33(4)58)16-20-54(64,68-49)51(50)67-52(63)39(24-35-7-12-44(59)46(26-35)65-5)27-42-38(30-57)10-9-36-8-6-34(17-21-56)25-41(36)42/h6-8,12,15-16,19-20,24-26,31-33,37-38,40,42-43,45,48-51,55-60,62,64H,9-11,13-14,17-18,21-23,27-30H2,1-5H3/b39-24+/t32-,33+,37-,38-,40+,42+,43+,45-,48+,49+,50-,51-,53+,54-/m1/s1. The maximum Gasteiger partial charge on any atom is 0.334 e. The van der Waals surface area contributed by atoms with Crippen LogP contribution in [0.1, 0.15) is 114 Å². The largest absolute Gasteiger partial charge is 0.504 e. The number of carbonyl (C=O) groups excluding carboxylic acids is 2. The van der Waals surface area contributed by atoms with Gasteiger partial charge >= 0.3 is 11.9 Å². The molecule has 2 aliphatic heterocycles. The fourth-order valence-corrected chi connectivity index (χ4v) is 11.7. The van der Waals surface area contributed by atoms with Gasteiger partial charge in [-0.1, -0.05) is 63.3 Å². The van der Waals surface area contributed by atoms with E-state index >= 15 is 0 Å². The minimum Gasteiger partial charge on any atom is -0.504 e. The lowest BCUT2D eigenvalue weighted by atomic mass is 9.57. The van der Waals surface area contributed by atoms with Crippen LogP contribution in [0.3, 0.4) is 0 Å². The molecular formula is C54H75NO13. The predicted molar refractivity (Wildman–Crippen MR) is 255 cm³/mol. The number of aromatic hydroxyl groups is 1. The predicted octanol–water partition coefficient (Wildman–Crippen LogP) is 5.41. The second-order valence-electron chi connectivity index (χ2n) is 20.9. The van der Waals surface area contributed by atoms with E-state index in [1.807, 2.05) is 18.2 Å². The summed E-state index contributed by atoms with van der Waals surface area (Å²) in [5.74, 6) is -3.45. The number of rotatable bonds is 18. The number of carbonyl (C=O) groups is 2. The molecule has 1 saturated carbocycles. The number of nitrogens with one attached hydrogen (secondary N) is 1. The number of fused-ring (bicyclic) bond motifs is 3. The summed E-state index contributed by atoms with van der Waals surface area (Å²) in [6.45, 7) is 8.04. The van der Waals surface area contributed by atoms with E-state index in [4.69, 9.17) is 18.9 Å². The zero-order chi connectivity index (χ0) is 48.9. The molecule has 68 heavy (non-hydrogen) atoms. The molecule has 5 aliphatic rings. The number of methoxy groups -OCH3 is 1. The SMILES string of the molecule is COc1cc(/C=C(\C[C@@H]2c3cc(CCO)ccc3CC[C@@H]2CO)C(=O)O[C@@H]2[C@H](OC(=O)CC[C@H]3C[C@H](C)CC[C@@]34C=C[C@H](CC(C)C)[C@H](O)C4)[C@@H](O)[C@H]3O[C@]2(O)C=C[C@@H]3NC[C@H](C)O)ccc1O. The van der Waals surface area contributed by atoms with Crippen molar-refractivity contribution in [2.75, 3.05) is 26.9 Å². The molecule has 2 fully saturated rings. The maximum atomic E-state index is 15.0. The topological polar surface area (TPSA) is 225 Å². The van der Waals surface area contributed by atoms with E-state index in [-0.39, 0.29) is 78.8 Å². The monoisotopic (exact) mass is 946 g/mol. The first-order valence-electron chi connectivity index (χ1n) is 24.8. The molecular weight excluding hydrogens is 871 g/mol. The van der Waals surface area contributed by atoms with Crippen molar-refractivity contribution in [2.24, 2.45) is 35.0 Å². The zero-order valence-electron chi connectivity index (χ0n) is 40.3. The molecule has 3 aliphatic carbocycles. The Labute approximate surface area is 401 Å². The van der Waals surface area contributed by atoms with Gasteiger partial charge in [0, 0.05) is 37.7 Å². The molecule has 2 aromatic carbocycles. The number of allylic oxidation sites excluding steroid dienone is 1. The lowest BCUT2D eigenvalue weighted by molar-refractivity contribution is -0.333. The third-order valence-corrected chi connectivity index (χ3v) is 15.4. The molecule has 0 unspecified atom stereocenters. The number of phenolic OH excluding ortho intramolecular Hbond substituents is 1. The van der Waals surface area contributed by atoms with Crippen LogP contribution in [0, 0.1) is 35.0 Å². The molecule has 14 heteroatoms. The summed E-state index contributed by atoms with van der Waals surface area (Å²) in [5, 5.41) is 79.9. The van der Waals surface area contributed by atoms with Crippen LogP contribution in [0.4, 0.5) is 0 Å². The van der Waals surface area contributed by atoms with Gasteiger partial charge in [-0.25, -0.2) is 4.79 Å². The molecule has 14 nitrogen and oxygen atoms in total. The van der Waals surface area contributed by atoms with Gasteiger partial charge in [-0.15, -0.1) is 0 Å². The lowest BCUT2D eigenvalue weighted by Crippen LogP contribution is -2.71. The van der Waals surface area contributed by atoms with E-state index < -0.39 is 60.4 Å². The third kappa shape index (κ3) is 11.7. The van der Waals surface area contributed by atoms with E-state index in [0.717, 1.165) is 42.4 Å². The van der Waals surface area contributed by atoms with Crippen molar-refractivity contribution in [3.63, 3.8) is 0 Å². The number of benzene rings is 2. The molecule has 2 bridgehead atoms. The van der Waals surface area contributed by atoms with Gasteiger partial charge < -0.3 is 60.0 Å². The van der Waals surface area contributed by atoms with Crippen LogP contribution in [0.15, 0.2) is 66.3 Å². The highest BCUT2D eigenvalue weighted by molar-refractivity contribution is 5.94. The van der Waals surface area contributed by atoms with Crippen LogP contribution in [0.2, 0.25) is 0 Å². The van der Waals surface area contributed by atoms with Gasteiger partial charge in [0.1, 0.15) is 12.2 Å². The molecule has 0 aromatic heterocycles. The van der Waals surface area contributed by atoms with E-state index in [0.29, 0.717) is 49.5 Å². The minimum absolute atomic E-state index is 0.0262. The first-order valence-corrected chi connectivity index (χ1v) is 24.8. The van der Waals surface area contributed by atoms with Gasteiger partial charge in [0.05, 0.1) is 25.4 Å². The normalized spacial score (nSPS) is 33.8. The molecule has 0 radical (unpaired) electrons. The second kappa shape index (κ2) is 22.3. The number of aliphatic hydroxyl groups excluding tert-OH is 5. The molecule has 0 amide bonds. The highest BCUT2D eigenvalue weighted by Gasteiger charge is 2.60. The van der Waals surface area contributed by atoms with Gasteiger partial charge in [0.25, 0.3) is 0 Å². The first kappa shape index (κ1) is 51.7. The van der Waals surface area contributed by atoms with Crippen molar-refractivity contribution < 1.29 is 64.3 Å². The summed E-state index contributed by atoms with van der Waals surface area (Å²) >= 11 is 0. The Kier molecular flexibility index (Phi) is 17.0. The van der Waals surface area contributed by atoms with E-state index in [1.54, 1.807) is 31.2 Å². The van der Waals surface area contributed by atoms with Crippen LogP contribution in [-0.4, -0.2) is 123 Å². The zero-order valence-corrected chi connectivity index (χ0v) is 40.3. The average Bonchev–Trinajstić information content (AvgIpc) is 3.30. The summed E-state index contributed by atoms with van der Waals surface area (Å²) in [5.41, 5.74) is 3.23. The number of hydrogen-bond acceptors (Lipinski definition) is 14. The van der Waals surface area contributed by atoms with Gasteiger partial charge in [0.2, 0.25) is 5.79 Å². The van der Waals surface area contributed by atoms with E-state index in [9.17, 15) is 45.3 Å². The van der Waals surface area contributed by atoms with Crippen LogP contribution in [-0.2, 0) is 36.6 Å². The van der Waals surface area contributed by atoms with Gasteiger partial charge in [-0.3, -0.25) is 4.79 Å². The van der Waals surface area contributed by atoms with E-state index in [1.165, 1.54) is 19.3 Å². The molecule has 7 rings (SSSR count). The number of esters is 2. The molecule has 2 heterocycles. The van der Waals surface area contributed by atoms with Gasteiger partial charge in [-0.05, 0) is 153 Å². The van der Waals surface area contributed by atoms with Gasteiger partial charge in [0.15, 0.2) is 23.7 Å². The summed E-state index contributed by atoms with van der Waals surface area (Å²) in [4.78, 5) is 29.2. The number of aliphatic hydroxyl groups is 6. The highest BCUT2D eigenvalue weighted by atomic mass is 16.7. The van der Waals surface area contributed by atoms with Crippen molar-refractivity contribution >= 4 is 18.0 Å². The molecule has 1 saturated heterocycles. The van der Waals surface area contributed by atoms with Crippen molar-refractivity contribution in [1.29, 1.82) is 0 Å². The maximum absolute atomic E-state index is 15.0. The Morgan fingerprint density at radius 1 is 1.03 bits per heavy atom. The lowest BCUT2D eigenvalue weighted by Gasteiger charge is -2.51. The molecule has 2 aromatic rings. The summed E-state index contributed by atoms with van der Waals surface area (Å²) in [6.07, 6.45) is 8.16. The summed E-state index contributed by atoms with van der Waals surface area (Å²) in [7, 11) is 1.41. The fraction of sp³-hybridized carbons (Fsp3) is 0.630.